The number of aliphatic hydroxyl groups excluding tert-OH is 1. The van der Waals surface area contributed by atoms with E-state index >= 15 is 0 Å². The summed E-state index contributed by atoms with van der Waals surface area (Å²) < 4.78 is 80.6. The number of aliphatic hydroxyl groups is 1. The van der Waals surface area contributed by atoms with Crippen LogP contribution < -0.4 is 9.47 Å². The van der Waals surface area contributed by atoms with E-state index in [1.165, 1.54) is 30.0 Å². The number of benzene rings is 2. The first-order chi connectivity index (χ1) is 14.8. The van der Waals surface area contributed by atoms with Crippen LogP contribution in [0.25, 0.3) is 5.69 Å². The molecule has 0 fully saturated rings. The van der Waals surface area contributed by atoms with Gasteiger partial charge in [-0.1, -0.05) is 6.07 Å². The van der Waals surface area contributed by atoms with Crippen molar-refractivity contribution in [2.24, 2.45) is 0 Å². The Labute approximate surface area is 175 Å². The van der Waals surface area contributed by atoms with Crippen LogP contribution in [0.4, 0.5) is 22.0 Å². The van der Waals surface area contributed by atoms with Crippen molar-refractivity contribution in [3.05, 3.63) is 77.1 Å². The number of hydrogen-bond donors (Lipinski definition) is 1. The number of methoxy groups -OCH3 is 1. The molecular weight excluding hydrogens is 421 g/mol. The average Bonchev–Trinajstić information content (AvgIpc) is 3.18. The highest BCUT2D eigenvalue weighted by molar-refractivity contribution is 5.42. The summed E-state index contributed by atoms with van der Waals surface area (Å²) in [7, 11) is 1.47. The highest BCUT2D eigenvalue weighted by atomic mass is 19.4. The normalized spacial score (nSPS) is 11.6. The number of halogens is 5. The van der Waals surface area contributed by atoms with Crippen LogP contribution in [0.3, 0.4) is 0 Å². The topological polar surface area (TPSA) is 43.6 Å². The molecule has 0 saturated heterocycles. The lowest BCUT2D eigenvalue weighted by Crippen LogP contribution is -2.13. The fourth-order valence-electron chi connectivity index (χ4n) is 3.15. The van der Waals surface area contributed by atoms with Gasteiger partial charge in [-0.15, -0.1) is 0 Å². The van der Waals surface area contributed by atoms with Gasteiger partial charge in [0.15, 0.2) is 11.6 Å². The first-order valence-corrected chi connectivity index (χ1v) is 9.38. The number of aryl methyl sites for hydroxylation is 1. The van der Waals surface area contributed by atoms with Crippen LogP contribution in [0.2, 0.25) is 0 Å². The van der Waals surface area contributed by atoms with E-state index in [-0.39, 0.29) is 30.7 Å². The van der Waals surface area contributed by atoms with Crippen molar-refractivity contribution < 1.29 is 36.5 Å². The summed E-state index contributed by atoms with van der Waals surface area (Å²) in [5.74, 6) is -2.40. The molecule has 1 aromatic heterocycles. The minimum atomic E-state index is -4.66. The summed E-state index contributed by atoms with van der Waals surface area (Å²) in [6.45, 7) is -0.817. The maximum Gasteiger partial charge on any atom is 0.418 e. The van der Waals surface area contributed by atoms with E-state index in [9.17, 15) is 22.0 Å². The molecule has 0 aliphatic carbocycles. The van der Waals surface area contributed by atoms with Gasteiger partial charge in [0.05, 0.1) is 18.4 Å². The molecule has 0 radical (unpaired) electrons. The van der Waals surface area contributed by atoms with Gasteiger partial charge in [-0.05, 0) is 54.8 Å². The quantitative estimate of drug-likeness (QED) is 0.484. The van der Waals surface area contributed by atoms with E-state index in [0.717, 1.165) is 6.07 Å². The lowest BCUT2D eigenvalue weighted by atomic mass is 10.1. The van der Waals surface area contributed by atoms with Gasteiger partial charge in [0.1, 0.15) is 12.4 Å². The van der Waals surface area contributed by atoms with Crippen LogP contribution in [0, 0.1) is 11.6 Å². The van der Waals surface area contributed by atoms with Gasteiger partial charge >= 0.3 is 6.18 Å². The molecular formula is C22H20F5NO3. The molecule has 0 bridgehead atoms. The molecule has 166 valence electrons. The maximum absolute atomic E-state index is 14.4. The number of rotatable bonds is 8. The highest BCUT2D eigenvalue weighted by Crippen LogP contribution is 2.35. The molecule has 1 heterocycles. The Morgan fingerprint density at radius 3 is 2.29 bits per heavy atom. The monoisotopic (exact) mass is 441 g/mol. The van der Waals surface area contributed by atoms with E-state index in [1.54, 1.807) is 24.3 Å². The van der Waals surface area contributed by atoms with Crippen molar-refractivity contribution in [3.8, 4) is 17.2 Å². The molecule has 9 heteroatoms. The predicted octanol–water partition coefficient (Wildman–Crippen LogP) is 5.29. The Hall–Kier alpha value is -3.07. The Morgan fingerprint density at radius 2 is 1.68 bits per heavy atom. The zero-order chi connectivity index (χ0) is 22.6. The second-order valence-electron chi connectivity index (χ2n) is 6.71. The van der Waals surface area contributed by atoms with E-state index in [2.05, 4.69) is 0 Å². The summed E-state index contributed by atoms with van der Waals surface area (Å²) in [6, 6.07) is 9.67. The Balaban J connectivity index is 1.91. The molecule has 0 saturated carbocycles. The van der Waals surface area contributed by atoms with Crippen LogP contribution >= 0.6 is 0 Å². The highest BCUT2D eigenvalue weighted by Gasteiger charge is 2.35. The molecule has 0 aliphatic heterocycles. The average molecular weight is 441 g/mol. The molecule has 0 amide bonds. The number of nitrogens with zero attached hydrogens (tertiary/aromatic N) is 1. The summed E-state index contributed by atoms with van der Waals surface area (Å²) in [6.07, 6.45) is -3.05. The molecule has 2 aromatic carbocycles. The largest absolute Gasteiger partial charge is 0.497 e. The van der Waals surface area contributed by atoms with Crippen molar-refractivity contribution in [2.75, 3.05) is 13.7 Å². The molecule has 0 spiro atoms. The van der Waals surface area contributed by atoms with Crippen molar-refractivity contribution >= 4 is 0 Å². The van der Waals surface area contributed by atoms with Crippen LogP contribution in [-0.2, 0) is 19.2 Å². The zero-order valence-corrected chi connectivity index (χ0v) is 16.5. The van der Waals surface area contributed by atoms with E-state index in [0.29, 0.717) is 11.4 Å². The SMILES string of the molecule is COc1ccc(-n2ccc(C(F)(F)F)c2COc2ccc(CCCO)c(F)c2F)cc1. The first kappa shape index (κ1) is 22.6. The summed E-state index contributed by atoms with van der Waals surface area (Å²) in [5, 5.41) is 8.83. The zero-order valence-electron chi connectivity index (χ0n) is 16.5. The van der Waals surface area contributed by atoms with E-state index in [1.807, 2.05) is 0 Å². The molecule has 3 rings (SSSR count). The predicted molar refractivity (Wildman–Crippen MR) is 103 cm³/mol. The van der Waals surface area contributed by atoms with Gasteiger partial charge in [0.2, 0.25) is 5.82 Å². The van der Waals surface area contributed by atoms with Crippen molar-refractivity contribution in [2.45, 2.75) is 25.6 Å². The lowest BCUT2D eigenvalue weighted by Gasteiger charge is -2.16. The fourth-order valence-corrected chi connectivity index (χ4v) is 3.15. The third kappa shape index (κ3) is 4.99. The molecule has 0 unspecified atom stereocenters. The van der Waals surface area contributed by atoms with Gasteiger partial charge in [0.25, 0.3) is 0 Å². The number of hydrogen-bond acceptors (Lipinski definition) is 3. The van der Waals surface area contributed by atoms with E-state index in [4.69, 9.17) is 14.6 Å². The summed E-state index contributed by atoms with van der Waals surface area (Å²) >= 11 is 0. The first-order valence-electron chi connectivity index (χ1n) is 9.38. The van der Waals surface area contributed by atoms with Gasteiger partial charge in [-0.25, -0.2) is 4.39 Å². The minimum Gasteiger partial charge on any atom is -0.497 e. The van der Waals surface area contributed by atoms with Crippen molar-refractivity contribution in [1.82, 2.24) is 4.57 Å². The van der Waals surface area contributed by atoms with Gasteiger partial charge < -0.3 is 19.1 Å². The van der Waals surface area contributed by atoms with Crippen LogP contribution in [0.15, 0.2) is 48.7 Å². The molecule has 3 aromatic rings. The number of alkyl halides is 3. The van der Waals surface area contributed by atoms with Crippen LogP contribution in [0.1, 0.15) is 23.2 Å². The summed E-state index contributed by atoms with van der Waals surface area (Å²) in [4.78, 5) is 0. The Morgan fingerprint density at radius 1 is 0.968 bits per heavy atom. The summed E-state index contributed by atoms with van der Waals surface area (Å²) in [5.41, 5.74) is -0.733. The van der Waals surface area contributed by atoms with Crippen molar-refractivity contribution in [1.29, 1.82) is 0 Å². The van der Waals surface area contributed by atoms with Gasteiger partial charge in [-0.3, -0.25) is 0 Å². The van der Waals surface area contributed by atoms with Crippen LogP contribution in [0.5, 0.6) is 11.5 Å². The van der Waals surface area contributed by atoms with E-state index < -0.39 is 35.7 Å². The lowest BCUT2D eigenvalue weighted by molar-refractivity contribution is -0.138. The second-order valence-corrected chi connectivity index (χ2v) is 6.71. The van der Waals surface area contributed by atoms with Gasteiger partial charge in [-0.2, -0.15) is 17.6 Å². The Kier molecular flexibility index (Phi) is 6.84. The van der Waals surface area contributed by atoms with Crippen LogP contribution in [-0.4, -0.2) is 23.4 Å². The standard InChI is InChI=1S/C22H20F5NO3/c1-30-16-7-5-15(6-8-16)28-11-10-17(22(25,26)27)18(28)13-31-19-9-4-14(3-2-12-29)20(23)21(19)24/h4-11,29H,2-3,12-13H2,1H3. The Bertz CT molecular complexity index is 1030. The molecule has 31 heavy (non-hydrogen) atoms. The molecule has 0 aliphatic rings. The fraction of sp³-hybridized carbons (Fsp3) is 0.273. The van der Waals surface area contributed by atoms with Gasteiger partial charge in [0, 0.05) is 18.5 Å². The molecule has 0 atom stereocenters. The third-order valence-electron chi connectivity index (χ3n) is 4.74. The molecule has 1 N–H and O–H groups in total. The third-order valence-corrected chi connectivity index (χ3v) is 4.74. The van der Waals surface area contributed by atoms with Crippen molar-refractivity contribution in [3.63, 3.8) is 0 Å². The number of aromatic nitrogens is 1. The number of ether oxygens (including phenoxy) is 2. The maximum atomic E-state index is 14.4. The smallest absolute Gasteiger partial charge is 0.418 e. The second kappa shape index (κ2) is 9.38. The minimum absolute atomic E-state index is 0.0523. The molecule has 4 nitrogen and oxygen atoms in total.